The summed E-state index contributed by atoms with van der Waals surface area (Å²) in [4.78, 5) is 27.0. The number of nitrogens with zero attached hydrogens (tertiary/aromatic N) is 2. The first-order valence-electron chi connectivity index (χ1n) is 9.79. The van der Waals surface area contributed by atoms with E-state index in [4.69, 9.17) is 27.9 Å². The van der Waals surface area contributed by atoms with Crippen LogP contribution in [0.3, 0.4) is 0 Å². The van der Waals surface area contributed by atoms with E-state index in [0.29, 0.717) is 28.8 Å². The standard InChI is InChI=1S/C21H20Cl2N2O5S/c22-14-3-7-16(8-4-14)25-20(26)12-19(21(25)27)24(13-17-2-1-11-30-17)31(28,29)18-9-5-15(23)6-10-18/h3-10,17,19H,1-2,11-13H2. The Morgan fingerprint density at radius 1 is 1.00 bits per heavy atom. The smallest absolute Gasteiger partial charge is 0.252 e. The topological polar surface area (TPSA) is 84.0 Å². The van der Waals surface area contributed by atoms with Crippen molar-refractivity contribution in [2.75, 3.05) is 18.1 Å². The molecule has 10 heteroatoms. The van der Waals surface area contributed by atoms with Crippen molar-refractivity contribution >= 4 is 50.7 Å². The molecule has 2 saturated heterocycles. The fourth-order valence-electron chi connectivity index (χ4n) is 3.83. The summed E-state index contributed by atoms with van der Waals surface area (Å²) in [6, 6.07) is 10.8. The third-order valence-corrected chi connectivity index (χ3v) is 7.78. The lowest BCUT2D eigenvalue weighted by molar-refractivity contribution is -0.122. The highest BCUT2D eigenvalue weighted by Gasteiger charge is 2.47. The Morgan fingerprint density at radius 3 is 2.19 bits per heavy atom. The maximum atomic E-state index is 13.5. The fraction of sp³-hybridized carbons (Fsp3) is 0.333. The third kappa shape index (κ3) is 4.49. The SMILES string of the molecule is O=C1CC(N(CC2CCCO2)S(=O)(=O)c2ccc(Cl)cc2)C(=O)N1c1ccc(Cl)cc1. The van der Waals surface area contributed by atoms with Crippen molar-refractivity contribution in [1.29, 1.82) is 0 Å². The minimum Gasteiger partial charge on any atom is -0.377 e. The van der Waals surface area contributed by atoms with Gasteiger partial charge in [-0.2, -0.15) is 4.31 Å². The minimum absolute atomic E-state index is 0.0000823. The van der Waals surface area contributed by atoms with Crippen LogP contribution >= 0.6 is 23.2 Å². The molecule has 2 atom stereocenters. The monoisotopic (exact) mass is 482 g/mol. The second kappa shape index (κ2) is 8.88. The molecule has 2 heterocycles. The van der Waals surface area contributed by atoms with Gasteiger partial charge in [0.25, 0.3) is 5.91 Å². The van der Waals surface area contributed by atoms with Crippen molar-refractivity contribution in [3.8, 4) is 0 Å². The first kappa shape index (κ1) is 22.2. The Labute approximate surface area is 190 Å². The van der Waals surface area contributed by atoms with Crippen LogP contribution in [0, 0.1) is 0 Å². The molecular weight excluding hydrogens is 463 g/mol. The molecule has 2 unspecified atom stereocenters. The largest absolute Gasteiger partial charge is 0.377 e. The van der Waals surface area contributed by atoms with Gasteiger partial charge < -0.3 is 4.74 Å². The van der Waals surface area contributed by atoms with Gasteiger partial charge in [-0.05, 0) is 61.4 Å². The quantitative estimate of drug-likeness (QED) is 0.588. The van der Waals surface area contributed by atoms with Crippen LogP contribution in [0.4, 0.5) is 5.69 Å². The summed E-state index contributed by atoms with van der Waals surface area (Å²) in [5.74, 6) is -1.07. The first-order chi connectivity index (χ1) is 14.8. The van der Waals surface area contributed by atoms with E-state index < -0.39 is 27.9 Å². The van der Waals surface area contributed by atoms with Crippen LogP contribution in [0.25, 0.3) is 0 Å². The average molecular weight is 483 g/mol. The second-order valence-electron chi connectivity index (χ2n) is 7.43. The van der Waals surface area contributed by atoms with Gasteiger partial charge in [0.1, 0.15) is 6.04 Å². The maximum absolute atomic E-state index is 13.5. The van der Waals surface area contributed by atoms with Gasteiger partial charge in [0, 0.05) is 23.2 Å². The minimum atomic E-state index is -4.08. The van der Waals surface area contributed by atoms with E-state index in [1.807, 2.05) is 0 Å². The van der Waals surface area contributed by atoms with Crippen LogP contribution in [0.2, 0.25) is 10.0 Å². The molecule has 4 rings (SSSR count). The van der Waals surface area contributed by atoms with E-state index in [2.05, 4.69) is 0 Å². The second-order valence-corrected chi connectivity index (χ2v) is 10.2. The third-order valence-electron chi connectivity index (χ3n) is 5.38. The van der Waals surface area contributed by atoms with Gasteiger partial charge in [-0.15, -0.1) is 0 Å². The van der Waals surface area contributed by atoms with E-state index in [9.17, 15) is 18.0 Å². The summed E-state index contributed by atoms with van der Waals surface area (Å²) in [7, 11) is -4.08. The zero-order chi connectivity index (χ0) is 22.2. The average Bonchev–Trinajstić information content (AvgIpc) is 3.35. The maximum Gasteiger partial charge on any atom is 0.252 e. The number of imide groups is 1. The van der Waals surface area contributed by atoms with Crippen LogP contribution < -0.4 is 4.90 Å². The van der Waals surface area contributed by atoms with Crippen molar-refractivity contribution in [3.63, 3.8) is 0 Å². The number of sulfonamides is 1. The molecule has 0 aliphatic carbocycles. The molecule has 2 fully saturated rings. The molecule has 0 radical (unpaired) electrons. The lowest BCUT2D eigenvalue weighted by Crippen LogP contribution is -2.48. The summed E-state index contributed by atoms with van der Waals surface area (Å²) in [5, 5.41) is 0.857. The van der Waals surface area contributed by atoms with Crippen molar-refractivity contribution in [1.82, 2.24) is 4.31 Å². The van der Waals surface area contributed by atoms with Gasteiger partial charge in [-0.3, -0.25) is 9.59 Å². The molecule has 2 aliphatic heterocycles. The predicted octanol–water partition coefficient (Wildman–Crippen LogP) is 3.50. The number of amides is 2. The van der Waals surface area contributed by atoms with E-state index >= 15 is 0 Å². The van der Waals surface area contributed by atoms with E-state index in [0.717, 1.165) is 15.6 Å². The van der Waals surface area contributed by atoms with Crippen molar-refractivity contribution in [2.24, 2.45) is 0 Å². The highest BCUT2D eigenvalue weighted by atomic mass is 35.5. The number of hydrogen-bond acceptors (Lipinski definition) is 5. The van der Waals surface area contributed by atoms with Crippen LogP contribution in [0.5, 0.6) is 0 Å². The van der Waals surface area contributed by atoms with Gasteiger partial charge in [-0.25, -0.2) is 13.3 Å². The van der Waals surface area contributed by atoms with Crippen molar-refractivity contribution in [3.05, 3.63) is 58.6 Å². The zero-order valence-electron chi connectivity index (χ0n) is 16.4. The van der Waals surface area contributed by atoms with Crippen molar-refractivity contribution < 1.29 is 22.7 Å². The summed E-state index contributed by atoms with van der Waals surface area (Å²) in [6.07, 6.45) is 0.909. The van der Waals surface area contributed by atoms with Gasteiger partial charge in [0.05, 0.1) is 23.1 Å². The number of anilines is 1. The molecule has 2 aromatic rings. The summed E-state index contributed by atoms with van der Waals surface area (Å²) < 4.78 is 33.7. The summed E-state index contributed by atoms with van der Waals surface area (Å²) >= 11 is 11.8. The summed E-state index contributed by atoms with van der Waals surface area (Å²) in [6.45, 7) is 0.525. The predicted molar refractivity (Wildman–Crippen MR) is 117 cm³/mol. The number of benzene rings is 2. The molecule has 2 aliphatic rings. The number of carbonyl (C=O) groups is 2. The Bertz CT molecular complexity index is 1080. The molecule has 164 valence electrons. The molecule has 2 aromatic carbocycles. The van der Waals surface area contributed by atoms with Crippen LogP contribution in [0.1, 0.15) is 19.3 Å². The van der Waals surface area contributed by atoms with Gasteiger partial charge in [0.15, 0.2) is 0 Å². The Kier molecular flexibility index (Phi) is 6.37. The molecule has 7 nitrogen and oxygen atoms in total. The van der Waals surface area contributed by atoms with Gasteiger partial charge in [0.2, 0.25) is 15.9 Å². The van der Waals surface area contributed by atoms with Crippen LogP contribution in [-0.4, -0.2) is 49.8 Å². The Balaban J connectivity index is 1.69. The Hall–Kier alpha value is -1.97. The van der Waals surface area contributed by atoms with Crippen molar-refractivity contribution in [2.45, 2.75) is 36.3 Å². The van der Waals surface area contributed by atoms with E-state index in [1.165, 1.54) is 24.3 Å². The number of ether oxygens (including phenoxy) is 1. The Morgan fingerprint density at radius 2 is 1.61 bits per heavy atom. The molecule has 31 heavy (non-hydrogen) atoms. The van der Waals surface area contributed by atoms with Crippen LogP contribution in [0.15, 0.2) is 53.4 Å². The lowest BCUT2D eigenvalue weighted by Gasteiger charge is -2.29. The molecule has 0 aromatic heterocycles. The number of rotatable bonds is 6. The lowest BCUT2D eigenvalue weighted by atomic mass is 10.2. The van der Waals surface area contributed by atoms with E-state index in [1.54, 1.807) is 24.3 Å². The molecule has 2 amide bonds. The number of halogens is 2. The summed E-state index contributed by atoms with van der Waals surface area (Å²) in [5.41, 5.74) is 0.350. The van der Waals surface area contributed by atoms with Crippen LogP contribution in [-0.2, 0) is 24.3 Å². The van der Waals surface area contributed by atoms with Gasteiger partial charge >= 0.3 is 0 Å². The molecule has 0 spiro atoms. The molecule has 0 bridgehead atoms. The zero-order valence-corrected chi connectivity index (χ0v) is 18.7. The number of carbonyl (C=O) groups excluding carboxylic acids is 2. The van der Waals surface area contributed by atoms with Gasteiger partial charge in [-0.1, -0.05) is 23.2 Å². The molecular formula is C21H20Cl2N2O5S. The molecule has 0 saturated carbocycles. The van der Waals surface area contributed by atoms with E-state index in [-0.39, 0.29) is 24.0 Å². The highest BCUT2D eigenvalue weighted by molar-refractivity contribution is 7.89. The fourth-order valence-corrected chi connectivity index (χ4v) is 5.69. The molecule has 0 N–H and O–H groups in total. The normalized spacial score (nSPS) is 22.0. The first-order valence-corrected chi connectivity index (χ1v) is 12.0. The highest BCUT2D eigenvalue weighted by Crippen LogP contribution is 2.31. The number of hydrogen-bond donors (Lipinski definition) is 0.